The van der Waals surface area contributed by atoms with E-state index in [9.17, 15) is 4.79 Å². The third-order valence-corrected chi connectivity index (χ3v) is 10.1. The summed E-state index contributed by atoms with van der Waals surface area (Å²) in [5.41, 5.74) is 3.65. The summed E-state index contributed by atoms with van der Waals surface area (Å²) in [5, 5.41) is 9.17. The molecule has 1 N–H and O–H groups in total. The van der Waals surface area contributed by atoms with Gasteiger partial charge in [-0.3, -0.25) is 4.79 Å². The molecule has 0 aromatic rings. The fourth-order valence-electron chi connectivity index (χ4n) is 8.13. The van der Waals surface area contributed by atoms with Gasteiger partial charge in [-0.1, -0.05) is 84.8 Å². The molecule has 0 aliphatic heterocycles. The molecule has 180 valence electrons. The van der Waals surface area contributed by atoms with Crippen LogP contribution in [0.2, 0.25) is 0 Å². The minimum Gasteiger partial charge on any atom is -0.481 e. The molecule has 0 bridgehead atoms. The second kappa shape index (κ2) is 9.90. The molecule has 4 aliphatic rings. The van der Waals surface area contributed by atoms with Gasteiger partial charge in [-0.25, -0.2) is 0 Å². The summed E-state index contributed by atoms with van der Waals surface area (Å²) < 4.78 is 0. The number of fused-ring (bicyclic) bond motifs is 5. The molecule has 2 nitrogen and oxygen atoms in total. The third-order valence-electron chi connectivity index (χ3n) is 10.1. The van der Waals surface area contributed by atoms with Crippen molar-refractivity contribution in [2.75, 3.05) is 0 Å². The van der Waals surface area contributed by atoms with Crippen LogP contribution < -0.4 is 0 Å². The fourth-order valence-corrected chi connectivity index (χ4v) is 8.13. The maximum absolute atomic E-state index is 11.1. The zero-order chi connectivity index (χ0) is 23.7. The van der Waals surface area contributed by atoms with Crippen LogP contribution in [0.1, 0.15) is 99.3 Å². The van der Waals surface area contributed by atoms with Crippen LogP contribution in [-0.4, -0.2) is 11.1 Å². The Bertz CT molecular complexity index is 761. The van der Waals surface area contributed by atoms with Crippen molar-refractivity contribution in [1.82, 2.24) is 0 Å². The summed E-state index contributed by atoms with van der Waals surface area (Å²) in [7, 11) is 0. The van der Waals surface area contributed by atoms with Gasteiger partial charge in [0.15, 0.2) is 0 Å². The number of carboxylic acid groups (broad SMARTS) is 1. The molecule has 0 amide bonds. The predicted molar refractivity (Wildman–Crippen MR) is 135 cm³/mol. The van der Waals surface area contributed by atoms with Crippen molar-refractivity contribution in [3.8, 4) is 0 Å². The van der Waals surface area contributed by atoms with Gasteiger partial charge in [0.25, 0.3) is 0 Å². The molecule has 4 aliphatic carbocycles. The molecule has 8 atom stereocenters. The van der Waals surface area contributed by atoms with Crippen molar-refractivity contribution in [3.05, 3.63) is 36.0 Å². The first-order chi connectivity index (χ1) is 15.2. The number of hydrogen-bond acceptors (Lipinski definition) is 1. The van der Waals surface area contributed by atoms with Crippen molar-refractivity contribution >= 4 is 5.97 Å². The average Bonchev–Trinajstić information content (AvgIpc) is 3.12. The Balaban J connectivity index is 0.00000141. The summed E-state index contributed by atoms with van der Waals surface area (Å²) in [5.74, 6) is 3.00. The summed E-state index contributed by atoms with van der Waals surface area (Å²) in [6.07, 6.45) is 18.4. The van der Waals surface area contributed by atoms with Crippen LogP contribution in [0.25, 0.3) is 0 Å². The van der Waals surface area contributed by atoms with E-state index in [0.717, 1.165) is 42.9 Å². The van der Waals surface area contributed by atoms with Gasteiger partial charge in [-0.05, 0) is 90.9 Å². The van der Waals surface area contributed by atoms with E-state index >= 15 is 0 Å². The lowest BCUT2D eigenvalue weighted by atomic mass is 9.48. The normalized spacial score (nSPS) is 39.6. The molecule has 0 aromatic carbocycles. The van der Waals surface area contributed by atoms with Crippen molar-refractivity contribution in [2.45, 2.75) is 99.3 Å². The molecule has 2 fully saturated rings. The van der Waals surface area contributed by atoms with Gasteiger partial charge in [-0.2, -0.15) is 0 Å². The van der Waals surface area contributed by atoms with E-state index in [0.29, 0.717) is 16.7 Å². The average molecular weight is 441 g/mol. The maximum atomic E-state index is 11.1. The standard InChI is InChI=1S/C28H42O2.C2H6/c1-18-13-15-27(4)21(17-18)9-10-22-24-12-11-23(28(24,5)16-14-25(22)27)19(2)7-6-8-20(3)26(29)30;1-2/h9-10,17,19-20,22-25H,1,6-8,11-16H2,2-5H3,(H,29,30);1-2H3. The highest BCUT2D eigenvalue weighted by Gasteiger charge is 2.58. The first-order valence-electron chi connectivity index (χ1n) is 13.5. The molecular formula is C30H48O2. The van der Waals surface area contributed by atoms with Gasteiger partial charge in [0.2, 0.25) is 0 Å². The second-order valence-corrected chi connectivity index (χ2v) is 11.7. The van der Waals surface area contributed by atoms with Crippen LogP contribution in [0.5, 0.6) is 0 Å². The Labute approximate surface area is 197 Å². The topological polar surface area (TPSA) is 37.3 Å². The van der Waals surface area contributed by atoms with E-state index in [-0.39, 0.29) is 5.92 Å². The number of rotatable bonds is 6. The number of hydrogen-bond donors (Lipinski definition) is 1. The zero-order valence-corrected chi connectivity index (χ0v) is 21.6. The Hall–Kier alpha value is -1.31. The summed E-state index contributed by atoms with van der Waals surface area (Å²) in [4.78, 5) is 11.1. The van der Waals surface area contributed by atoms with E-state index < -0.39 is 5.97 Å². The van der Waals surface area contributed by atoms with Gasteiger partial charge in [-0.15, -0.1) is 0 Å². The first-order valence-corrected chi connectivity index (χ1v) is 13.5. The van der Waals surface area contributed by atoms with Crippen molar-refractivity contribution in [2.24, 2.45) is 46.3 Å². The molecular weight excluding hydrogens is 392 g/mol. The first kappa shape index (κ1) is 25.3. The fraction of sp³-hybridized carbons (Fsp3) is 0.767. The number of carbonyl (C=O) groups is 1. The van der Waals surface area contributed by atoms with Gasteiger partial charge >= 0.3 is 5.97 Å². The van der Waals surface area contributed by atoms with Gasteiger partial charge in [0.1, 0.15) is 0 Å². The molecule has 0 aromatic heterocycles. The van der Waals surface area contributed by atoms with Crippen molar-refractivity contribution < 1.29 is 9.90 Å². The van der Waals surface area contributed by atoms with Crippen molar-refractivity contribution in [1.29, 1.82) is 0 Å². The van der Waals surface area contributed by atoms with Crippen LogP contribution in [0.4, 0.5) is 0 Å². The van der Waals surface area contributed by atoms with E-state index in [2.05, 4.69) is 45.6 Å². The minimum atomic E-state index is -0.647. The number of carboxylic acids is 1. The van der Waals surface area contributed by atoms with E-state index in [1.807, 2.05) is 20.8 Å². The molecule has 0 radical (unpaired) electrons. The van der Waals surface area contributed by atoms with Crippen LogP contribution in [0.15, 0.2) is 36.0 Å². The van der Waals surface area contributed by atoms with Crippen LogP contribution in [-0.2, 0) is 4.79 Å². The lowest BCUT2D eigenvalue weighted by Crippen LogP contribution is -2.49. The molecule has 32 heavy (non-hydrogen) atoms. The van der Waals surface area contributed by atoms with E-state index in [4.69, 9.17) is 5.11 Å². The van der Waals surface area contributed by atoms with Gasteiger partial charge in [0.05, 0.1) is 5.92 Å². The van der Waals surface area contributed by atoms with Crippen LogP contribution in [0, 0.1) is 46.3 Å². The lowest BCUT2D eigenvalue weighted by Gasteiger charge is -2.56. The Kier molecular flexibility index (Phi) is 7.83. The highest BCUT2D eigenvalue weighted by Crippen LogP contribution is 2.66. The van der Waals surface area contributed by atoms with Crippen LogP contribution in [0.3, 0.4) is 0 Å². The van der Waals surface area contributed by atoms with E-state index in [1.165, 1.54) is 44.1 Å². The molecule has 0 heterocycles. The maximum Gasteiger partial charge on any atom is 0.306 e. The quantitative estimate of drug-likeness (QED) is 0.450. The summed E-state index contributed by atoms with van der Waals surface area (Å²) in [6.45, 7) is 17.7. The second-order valence-electron chi connectivity index (χ2n) is 11.7. The lowest BCUT2D eigenvalue weighted by molar-refractivity contribution is -0.141. The molecule has 2 heteroatoms. The zero-order valence-electron chi connectivity index (χ0n) is 21.6. The van der Waals surface area contributed by atoms with Crippen molar-refractivity contribution in [3.63, 3.8) is 0 Å². The minimum absolute atomic E-state index is 0.207. The summed E-state index contributed by atoms with van der Waals surface area (Å²) in [6, 6.07) is 0. The summed E-state index contributed by atoms with van der Waals surface area (Å²) >= 11 is 0. The Morgan fingerprint density at radius 1 is 1.12 bits per heavy atom. The molecule has 2 saturated carbocycles. The van der Waals surface area contributed by atoms with Gasteiger partial charge in [0, 0.05) is 0 Å². The number of allylic oxidation sites excluding steroid dienone is 5. The van der Waals surface area contributed by atoms with E-state index in [1.54, 1.807) is 5.57 Å². The monoisotopic (exact) mass is 440 g/mol. The SMILES string of the molecule is C=C1C=C2C=CC3C(CCC4(C)C(C(C)CCCC(C)C(=O)O)CCC34)C2(C)CC1.CC. The molecule has 0 saturated heterocycles. The highest BCUT2D eigenvalue weighted by molar-refractivity contribution is 5.69. The Morgan fingerprint density at radius 2 is 1.84 bits per heavy atom. The predicted octanol–water partition coefficient (Wildman–Crippen LogP) is 8.45. The van der Waals surface area contributed by atoms with Crippen LogP contribution >= 0.6 is 0 Å². The largest absolute Gasteiger partial charge is 0.481 e. The highest BCUT2D eigenvalue weighted by atomic mass is 16.4. The number of aliphatic carboxylic acids is 1. The Morgan fingerprint density at radius 3 is 2.53 bits per heavy atom. The smallest absolute Gasteiger partial charge is 0.306 e. The molecule has 4 rings (SSSR count). The third kappa shape index (κ3) is 4.40. The molecule has 8 unspecified atom stereocenters. The van der Waals surface area contributed by atoms with Gasteiger partial charge < -0.3 is 5.11 Å². The molecule has 0 spiro atoms.